The summed E-state index contributed by atoms with van der Waals surface area (Å²) in [7, 11) is -5.02. The average Bonchev–Trinajstić information content (AvgIpc) is 3.47. The van der Waals surface area contributed by atoms with E-state index in [0.29, 0.717) is 29.7 Å². The van der Waals surface area contributed by atoms with Crippen LogP contribution in [0.5, 0.6) is 5.75 Å². The van der Waals surface area contributed by atoms with Gasteiger partial charge < -0.3 is 41.9 Å². The van der Waals surface area contributed by atoms with Crippen molar-refractivity contribution in [3.63, 3.8) is 0 Å². The van der Waals surface area contributed by atoms with Crippen molar-refractivity contribution >= 4 is 72.9 Å². The predicted molar refractivity (Wildman–Crippen MR) is 170 cm³/mol. The Balaban J connectivity index is 0.000000908. The predicted octanol–water partition coefficient (Wildman–Crippen LogP) is 0.370. The highest BCUT2D eigenvalue weighted by Crippen LogP contribution is 2.33. The number of hydroxylamine groups is 2. The number of halogens is 3. The van der Waals surface area contributed by atoms with Crippen LogP contribution in [0.3, 0.4) is 0 Å². The van der Waals surface area contributed by atoms with Crippen molar-refractivity contribution in [2.24, 2.45) is 10.9 Å². The number of alkyl halides is 3. The summed E-state index contributed by atoms with van der Waals surface area (Å²) >= 11 is 0.954. The molecule has 2 amide bonds. The third kappa shape index (κ3) is 10.6. The van der Waals surface area contributed by atoms with Crippen LogP contribution in [0, 0.1) is 0 Å². The maximum absolute atomic E-state index is 13.2. The highest BCUT2D eigenvalue weighted by Gasteiger charge is 2.58. The Labute approximate surface area is 289 Å². The van der Waals surface area contributed by atoms with Gasteiger partial charge in [0.15, 0.2) is 10.8 Å². The summed E-state index contributed by atoms with van der Waals surface area (Å²) in [5, 5.41) is 29.4. The first kappa shape index (κ1) is 40.1. The third-order valence-electron chi connectivity index (χ3n) is 6.46. The Morgan fingerprint density at radius 1 is 1.22 bits per heavy atom. The van der Waals surface area contributed by atoms with Gasteiger partial charge in [0.25, 0.3) is 17.9 Å². The van der Waals surface area contributed by atoms with E-state index >= 15 is 0 Å². The number of nitrogen functional groups attached to an aromatic ring is 1. The zero-order chi connectivity index (χ0) is 38.3. The second kappa shape index (κ2) is 16.1. The number of rotatable bonds is 14. The summed E-state index contributed by atoms with van der Waals surface area (Å²) in [6, 6.07) is 5.45. The second-order valence-corrected chi connectivity index (χ2v) is 12.4. The van der Waals surface area contributed by atoms with Gasteiger partial charge >= 0.3 is 28.5 Å². The van der Waals surface area contributed by atoms with E-state index < -0.39 is 70.3 Å². The Hall–Kier alpha value is -5.37. The number of pyridine rings is 1. The van der Waals surface area contributed by atoms with Gasteiger partial charge in [0.1, 0.15) is 29.9 Å². The van der Waals surface area contributed by atoms with E-state index in [-0.39, 0.29) is 10.8 Å². The van der Waals surface area contributed by atoms with Crippen LogP contribution in [0.1, 0.15) is 19.5 Å². The standard InChI is InChI=1S/C24H28N8O10S2.C2HF3O2/c1-24(2)18(21(34)32(24)42-44(37,38)39)30-20(33)17(15-11-43-23(26)29-15)31-41-16(22(35)36)10-40-13-3-4-14-12(9-13)5-7-27-19(14)28-8-6-25;3-2(4,5)1(6)7/h3-5,7,9,11,16,18H,6,8,10,25H2,1-2H3,(H2,26,29)(H,27,28)(H,30,33)(H,35,36)(H,37,38,39);(H,6,7). The van der Waals surface area contributed by atoms with E-state index in [1.807, 2.05) is 0 Å². The minimum Gasteiger partial charge on any atom is -0.489 e. The van der Waals surface area contributed by atoms with Crippen molar-refractivity contribution in [1.82, 2.24) is 20.3 Å². The number of ether oxygens (including phenoxy) is 1. The summed E-state index contributed by atoms with van der Waals surface area (Å²) in [6.07, 6.45) is -5.18. The van der Waals surface area contributed by atoms with E-state index in [1.165, 1.54) is 19.2 Å². The highest BCUT2D eigenvalue weighted by atomic mass is 32.3. The fourth-order valence-electron chi connectivity index (χ4n) is 4.03. The summed E-state index contributed by atoms with van der Waals surface area (Å²) in [6.45, 7) is 3.14. The number of oxime groups is 1. The molecule has 20 nitrogen and oxygen atoms in total. The van der Waals surface area contributed by atoms with Crippen molar-refractivity contribution in [1.29, 1.82) is 0 Å². The van der Waals surface area contributed by atoms with Gasteiger partial charge in [0.05, 0.1) is 5.54 Å². The maximum atomic E-state index is 13.2. The lowest BCUT2D eigenvalue weighted by Crippen LogP contribution is -2.76. The van der Waals surface area contributed by atoms with Crippen molar-refractivity contribution in [2.75, 3.05) is 30.7 Å². The number of aromatic nitrogens is 2. The Morgan fingerprint density at radius 3 is 2.41 bits per heavy atom. The van der Waals surface area contributed by atoms with Crippen molar-refractivity contribution < 1.29 is 69.4 Å². The SMILES string of the molecule is CC1(C)C(NC(=O)C(=NOC(COc2ccc3c(NCCN)nccc3c2)C(=O)O)c2csc(N)n2)C(=O)N1OS(=O)(=O)O.O=C(O)C(F)(F)F. The molecule has 2 unspecified atom stereocenters. The number of nitrogens with zero attached hydrogens (tertiary/aromatic N) is 4. The molecule has 1 saturated heterocycles. The number of amides is 2. The minimum atomic E-state index is -5.08. The third-order valence-corrected chi connectivity index (χ3v) is 7.48. The van der Waals surface area contributed by atoms with E-state index in [4.69, 9.17) is 35.5 Å². The molecule has 1 aliphatic heterocycles. The van der Waals surface area contributed by atoms with Gasteiger partial charge in [-0.25, -0.2) is 19.6 Å². The van der Waals surface area contributed by atoms with Gasteiger partial charge in [-0.3, -0.25) is 14.1 Å². The first-order valence-electron chi connectivity index (χ1n) is 13.9. The van der Waals surface area contributed by atoms with Crippen molar-refractivity contribution in [2.45, 2.75) is 37.7 Å². The summed E-state index contributed by atoms with van der Waals surface area (Å²) in [5.41, 5.74) is 9.18. The average molecular weight is 767 g/mol. The smallest absolute Gasteiger partial charge is 0.489 e. The Morgan fingerprint density at radius 2 is 1.88 bits per heavy atom. The van der Waals surface area contributed by atoms with Gasteiger partial charge in [-0.15, -0.1) is 15.6 Å². The van der Waals surface area contributed by atoms with Gasteiger partial charge in [0, 0.05) is 30.1 Å². The number of β-lactam (4-membered cyclic amide) rings is 1. The summed E-state index contributed by atoms with van der Waals surface area (Å²) in [4.78, 5) is 59.9. The number of anilines is 2. The van der Waals surface area contributed by atoms with Crippen LogP contribution in [0.25, 0.3) is 10.8 Å². The van der Waals surface area contributed by atoms with Gasteiger partial charge in [-0.1, -0.05) is 5.16 Å². The molecule has 25 heteroatoms. The number of fused-ring (bicyclic) bond motifs is 1. The zero-order valence-corrected chi connectivity index (χ0v) is 27.8. The highest BCUT2D eigenvalue weighted by molar-refractivity contribution is 7.80. The molecular weight excluding hydrogens is 737 g/mol. The van der Waals surface area contributed by atoms with Crippen LogP contribution < -0.4 is 26.8 Å². The zero-order valence-electron chi connectivity index (χ0n) is 26.1. The van der Waals surface area contributed by atoms with E-state index in [2.05, 4.69) is 30.0 Å². The van der Waals surface area contributed by atoms with E-state index in [1.54, 1.807) is 30.5 Å². The Kier molecular flexibility index (Phi) is 12.7. The molecule has 0 spiro atoms. The molecule has 51 heavy (non-hydrogen) atoms. The lowest BCUT2D eigenvalue weighted by molar-refractivity contribution is -0.218. The first-order valence-corrected chi connectivity index (χ1v) is 16.2. The molecular formula is C26H29F3N8O12S2. The van der Waals surface area contributed by atoms with Crippen LogP contribution in [-0.2, 0) is 38.7 Å². The monoisotopic (exact) mass is 766 g/mol. The topological polar surface area (TPSA) is 308 Å². The number of aliphatic carboxylic acids is 2. The molecule has 3 heterocycles. The minimum absolute atomic E-state index is 0.0549. The van der Waals surface area contributed by atoms with E-state index in [9.17, 15) is 41.1 Å². The largest absolute Gasteiger partial charge is 0.490 e. The molecule has 0 radical (unpaired) electrons. The van der Waals surface area contributed by atoms with Crippen molar-refractivity contribution in [3.05, 3.63) is 41.5 Å². The molecule has 1 aromatic carbocycles. The first-order chi connectivity index (χ1) is 23.6. The number of carbonyl (C=O) groups is 4. The number of nitrogens with two attached hydrogens (primary N) is 2. The van der Waals surface area contributed by atoms with Crippen LogP contribution >= 0.6 is 11.3 Å². The molecule has 2 atom stereocenters. The Bertz CT molecular complexity index is 1920. The van der Waals surface area contributed by atoms with Gasteiger partial charge in [-0.2, -0.15) is 26.7 Å². The van der Waals surface area contributed by atoms with Gasteiger partial charge in [-0.05, 0) is 43.5 Å². The van der Waals surface area contributed by atoms with E-state index in [0.717, 1.165) is 22.1 Å². The fraction of sp³-hybridized carbons (Fsp3) is 0.346. The number of carboxylic acids is 2. The number of thiazole rings is 1. The molecule has 0 bridgehead atoms. The van der Waals surface area contributed by atoms with Crippen LogP contribution in [0.15, 0.2) is 41.0 Å². The molecule has 4 rings (SSSR count). The quantitative estimate of drug-likeness (QED) is 0.0504. The molecule has 1 fully saturated rings. The number of benzene rings is 1. The van der Waals surface area contributed by atoms with Gasteiger partial charge in [0.2, 0.25) is 0 Å². The second-order valence-electron chi connectivity index (χ2n) is 10.5. The van der Waals surface area contributed by atoms with Crippen LogP contribution in [-0.4, -0.2) is 111 Å². The fourth-order valence-corrected chi connectivity index (χ4v) is 5.03. The number of hydrogen-bond donors (Lipinski definition) is 7. The number of carbonyl (C=O) groups excluding carboxylic acids is 2. The number of carboxylic acid groups (broad SMARTS) is 2. The maximum Gasteiger partial charge on any atom is 0.490 e. The van der Waals surface area contributed by atoms with Crippen molar-refractivity contribution in [3.8, 4) is 5.75 Å². The van der Waals surface area contributed by atoms with Crippen LogP contribution in [0.4, 0.5) is 24.1 Å². The molecule has 0 aliphatic carbocycles. The summed E-state index contributed by atoms with van der Waals surface area (Å²) in [5.74, 6) is -5.30. The molecule has 1 aliphatic rings. The molecule has 278 valence electrons. The lowest BCUT2D eigenvalue weighted by atomic mass is 9.84. The van der Waals surface area contributed by atoms with Crippen LogP contribution in [0.2, 0.25) is 0 Å². The molecule has 2 aromatic heterocycles. The molecule has 0 saturated carbocycles. The summed E-state index contributed by atoms with van der Waals surface area (Å²) < 4.78 is 72.7. The molecule has 3 aromatic rings. The lowest BCUT2D eigenvalue weighted by Gasteiger charge is -2.50. The molecule has 9 N–H and O–H groups in total. The normalized spacial score (nSPS) is 16.3. The number of nitrogens with one attached hydrogen (secondary N) is 2. The number of hydrogen-bond acceptors (Lipinski definition) is 16.